The molecular weight excluding hydrogens is 262 g/mol. The van der Waals surface area contributed by atoms with E-state index in [1.54, 1.807) is 29.1 Å². The first-order valence-electron chi connectivity index (χ1n) is 4.20. The van der Waals surface area contributed by atoms with Crippen LogP contribution < -0.4 is 5.73 Å². The fourth-order valence-corrected chi connectivity index (χ4v) is 1.95. The lowest BCUT2D eigenvalue weighted by atomic mass is 10.1. The van der Waals surface area contributed by atoms with Crippen LogP contribution in [-0.4, -0.2) is 20.5 Å². The van der Waals surface area contributed by atoms with Crippen LogP contribution in [0.3, 0.4) is 0 Å². The zero-order valence-electron chi connectivity index (χ0n) is 7.59. The van der Waals surface area contributed by atoms with Crippen molar-refractivity contribution in [1.29, 1.82) is 0 Å². The molecule has 0 aliphatic rings. The summed E-state index contributed by atoms with van der Waals surface area (Å²) in [6.45, 7) is 0. The molecule has 0 saturated heterocycles. The lowest BCUT2D eigenvalue weighted by molar-refractivity contribution is -0.138. The van der Waals surface area contributed by atoms with Gasteiger partial charge in [-0.3, -0.25) is 4.79 Å². The molecule has 0 aliphatic carbocycles. The third-order valence-corrected chi connectivity index (χ3v) is 2.73. The first-order chi connectivity index (χ1) is 7.11. The Labute approximate surface area is 93.7 Å². The van der Waals surface area contributed by atoms with E-state index in [0.717, 1.165) is 0 Å². The molecule has 1 unspecified atom stereocenters. The Kier molecular flexibility index (Phi) is 2.45. The van der Waals surface area contributed by atoms with Crippen molar-refractivity contribution in [3.05, 3.63) is 34.8 Å². The molecule has 1 atom stereocenters. The standard InChI is InChI=1S/C9H8BrN3O2/c10-8-7-5(6(11)9(14)15)2-1-3-13(7)4-12-8/h1-4,6H,11H2,(H,14,15). The van der Waals surface area contributed by atoms with E-state index in [-0.39, 0.29) is 0 Å². The van der Waals surface area contributed by atoms with E-state index in [1.165, 1.54) is 0 Å². The average molecular weight is 270 g/mol. The fraction of sp³-hybridized carbons (Fsp3) is 0.111. The molecule has 0 aliphatic heterocycles. The smallest absolute Gasteiger partial charge is 0.325 e. The molecule has 2 heterocycles. The van der Waals surface area contributed by atoms with Crippen molar-refractivity contribution in [3.63, 3.8) is 0 Å². The Morgan fingerprint density at radius 2 is 2.40 bits per heavy atom. The second-order valence-corrected chi connectivity index (χ2v) is 3.82. The lowest BCUT2D eigenvalue weighted by Crippen LogP contribution is -2.21. The summed E-state index contributed by atoms with van der Waals surface area (Å²) >= 11 is 3.25. The second-order valence-electron chi connectivity index (χ2n) is 3.07. The third-order valence-electron chi connectivity index (χ3n) is 2.15. The Morgan fingerprint density at radius 1 is 1.67 bits per heavy atom. The Bertz CT molecular complexity index is 523. The molecule has 3 N–H and O–H groups in total. The van der Waals surface area contributed by atoms with Gasteiger partial charge in [0.2, 0.25) is 0 Å². The summed E-state index contributed by atoms with van der Waals surface area (Å²) in [7, 11) is 0. The van der Waals surface area contributed by atoms with Gasteiger partial charge in [-0.2, -0.15) is 0 Å². The van der Waals surface area contributed by atoms with Crippen molar-refractivity contribution < 1.29 is 9.90 Å². The van der Waals surface area contributed by atoms with Gasteiger partial charge in [0.25, 0.3) is 0 Å². The average Bonchev–Trinajstić information content (AvgIpc) is 2.59. The van der Waals surface area contributed by atoms with Crippen molar-refractivity contribution >= 4 is 27.4 Å². The Morgan fingerprint density at radius 3 is 3.07 bits per heavy atom. The number of carbonyl (C=O) groups is 1. The van der Waals surface area contributed by atoms with E-state index >= 15 is 0 Å². The molecule has 2 rings (SSSR count). The topological polar surface area (TPSA) is 80.6 Å². The van der Waals surface area contributed by atoms with Gasteiger partial charge in [-0.1, -0.05) is 6.07 Å². The summed E-state index contributed by atoms with van der Waals surface area (Å²) in [5.74, 6) is -1.06. The van der Waals surface area contributed by atoms with Crippen LogP contribution in [0.4, 0.5) is 0 Å². The number of hydrogen-bond acceptors (Lipinski definition) is 3. The van der Waals surface area contributed by atoms with Crippen LogP contribution in [0.5, 0.6) is 0 Å². The van der Waals surface area contributed by atoms with E-state index in [1.807, 2.05) is 0 Å². The van der Waals surface area contributed by atoms with Crippen molar-refractivity contribution in [2.24, 2.45) is 5.73 Å². The van der Waals surface area contributed by atoms with Crippen LogP contribution in [0.2, 0.25) is 0 Å². The number of hydrogen-bond donors (Lipinski definition) is 2. The van der Waals surface area contributed by atoms with Gasteiger partial charge >= 0.3 is 5.97 Å². The molecule has 0 fully saturated rings. The molecule has 2 aromatic rings. The maximum absolute atomic E-state index is 10.8. The van der Waals surface area contributed by atoms with E-state index in [9.17, 15) is 4.79 Å². The van der Waals surface area contributed by atoms with Crippen molar-refractivity contribution in [2.75, 3.05) is 0 Å². The monoisotopic (exact) mass is 269 g/mol. The van der Waals surface area contributed by atoms with Gasteiger partial charge in [0.05, 0.1) is 5.52 Å². The Hall–Kier alpha value is -1.40. The van der Waals surface area contributed by atoms with Gasteiger partial charge in [0.1, 0.15) is 17.0 Å². The number of nitrogens with two attached hydrogens (primary N) is 1. The van der Waals surface area contributed by atoms with E-state index in [0.29, 0.717) is 15.7 Å². The predicted octanol–water partition coefficient (Wildman–Crippen LogP) is 1.18. The van der Waals surface area contributed by atoms with Crippen molar-refractivity contribution in [3.8, 4) is 0 Å². The molecule has 6 heteroatoms. The van der Waals surface area contributed by atoms with Crippen LogP contribution in [0.1, 0.15) is 11.6 Å². The second kappa shape index (κ2) is 3.63. The Balaban J connectivity index is 2.69. The van der Waals surface area contributed by atoms with Crippen molar-refractivity contribution in [2.45, 2.75) is 6.04 Å². The first kappa shape index (κ1) is 10.1. The van der Waals surface area contributed by atoms with Gasteiger partial charge in [-0.05, 0) is 22.0 Å². The molecular formula is C9H8BrN3O2. The maximum Gasteiger partial charge on any atom is 0.325 e. The van der Waals surface area contributed by atoms with Gasteiger partial charge in [-0.15, -0.1) is 0 Å². The van der Waals surface area contributed by atoms with Crippen LogP contribution in [0, 0.1) is 0 Å². The minimum absolute atomic E-state index is 0.536. The van der Waals surface area contributed by atoms with E-state index in [2.05, 4.69) is 20.9 Å². The quantitative estimate of drug-likeness (QED) is 0.858. The maximum atomic E-state index is 10.8. The number of halogens is 1. The molecule has 15 heavy (non-hydrogen) atoms. The minimum atomic E-state index is -1.06. The van der Waals surface area contributed by atoms with Crippen LogP contribution in [-0.2, 0) is 4.79 Å². The molecule has 5 nitrogen and oxygen atoms in total. The van der Waals surface area contributed by atoms with Gasteiger partial charge in [-0.25, -0.2) is 4.98 Å². The molecule has 78 valence electrons. The number of fused-ring (bicyclic) bond motifs is 1. The zero-order chi connectivity index (χ0) is 11.0. The molecule has 0 amide bonds. The summed E-state index contributed by atoms with van der Waals surface area (Å²) in [4.78, 5) is 14.8. The number of nitrogens with zero attached hydrogens (tertiary/aromatic N) is 2. The SMILES string of the molecule is NC(C(=O)O)c1cccn2cnc(Br)c12. The predicted molar refractivity (Wildman–Crippen MR) is 57.5 cm³/mol. The van der Waals surface area contributed by atoms with Crippen LogP contribution in [0.15, 0.2) is 29.3 Å². The number of carboxylic acid groups (broad SMARTS) is 1. The number of pyridine rings is 1. The number of aromatic nitrogens is 2. The molecule has 0 radical (unpaired) electrons. The summed E-state index contributed by atoms with van der Waals surface area (Å²) in [5, 5.41) is 8.85. The highest BCUT2D eigenvalue weighted by atomic mass is 79.9. The van der Waals surface area contributed by atoms with Gasteiger partial charge < -0.3 is 15.2 Å². The minimum Gasteiger partial charge on any atom is -0.480 e. The lowest BCUT2D eigenvalue weighted by Gasteiger charge is -2.08. The number of imidazole rings is 1. The molecule has 0 bridgehead atoms. The van der Waals surface area contributed by atoms with Gasteiger partial charge in [0.15, 0.2) is 0 Å². The number of aliphatic carboxylic acids is 1. The van der Waals surface area contributed by atoms with Crippen LogP contribution >= 0.6 is 15.9 Å². The van der Waals surface area contributed by atoms with Crippen molar-refractivity contribution in [1.82, 2.24) is 9.38 Å². The van der Waals surface area contributed by atoms with Gasteiger partial charge in [0, 0.05) is 11.8 Å². The highest BCUT2D eigenvalue weighted by Crippen LogP contribution is 2.24. The molecule has 2 aromatic heterocycles. The summed E-state index contributed by atoms with van der Waals surface area (Å²) in [6.07, 6.45) is 3.38. The number of carboxylic acids is 1. The van der Waals surface area contributed by atoms with Crippen LogP contribution in [0.25, 0.3) is 5.52 Å². The molecule has 0 aromatic carbocycles. The summed E-state index contributed by atoms with van der Waals surface area (Å²) in [5.41, 5.74) is 6.79. The highest BCUT2D eigenvalue weighted by molar-refractivity contribution is 9.10. The normalized spacial score (nSPS) is 12.9. The largest absolute Gasteiger partial charge is 0.480 e. The molecule has 0 spiro atoms. The number of rotatable bonds is 2. The third kappa shape index (κ3) is 1.62. The van der Waals surface area contributed by atoms with E-state index in [4.69, 9.17) is 10.8 Å². The summed E-state index contributed by atoms with van der Waals surface area (Å²) in [6, 6.07) is 2.38. The first-order valence-corrected chi connectivity index (χ1v) is 5.00. The highest BCUT2D eigenvalue weighted by Gasteiger charge is 2.19. The summed E-state index contributed by atoms with van der Waals surface area (Å²) < 4.78 is 2.32. The fourth-order valence-electron chi connectivity index (χ4n) is 1.42. The molecule has 0 saturated carbocycles. The zero-order valence-corrected chi connectivity index (χ0v) is 9.18. The van der Waals surface area contributed by atoms with E-state index < -0.39 is 12.0 Å².